The van der Waals surface area contributed by atoms with Crippen molar-refractivity contribution in [3.8, 4) is 0 Å². The Bertz CT molecular complexity index is 173. The van der Waals surface area contributed by atoms with Crippen molar-refractivity contribution >= 4 is 0 Å². The molecular formula is C12H24N2. The van der Waals surface area contributed by atoms with Gasteiger partial charge in [0.1, 0.15) is 0 Å². The van der Waals surface area contributed by atoms with Crippen LogP contribution in [0.15, 0.2) is 12.2 Å². The molecule has 1 aliphatic rings. The Balaban J connectivity index is 2.05. The molecule has 2 heteroatoms. The van der Waals surface area contributed by atoms with Gasteiger partial charge in [-0.1, -0.05) is 19.9 Å². The van der Waals surface area contributed by atoms with E-state index in [-0.39, 0.29) is 0 Å². The summed E-state index contributed by atoms with van der Waals surface area (Å²) in [6.07, 6.45) is 4.31. The van der Waals surface area contributed by atoms with E-state index in [1.807, 2.05) is 0 Å². The van der Waals surface area contributed by atoms with Crippen molar-refractivity contribution in [3.05, 3.63) is 12.2 Å². The zero-order chi connectivity index (χ0) is 10.4. The lowest BCUT2D eigenvalue weighted by atomic mass is 9.85. The van der Waals surface area contributed by atoms with Gasteiger partial charge in [0, 0.05) is 19.6 Å². The first-order chi connectivity index (χ1) is 6.72. The van der Waals surface area contributed by atoms with Crippen LogP contribution in [0.5, 0.6) is 0 Å². The van der Waals surface area contributed by atoms with Gasteiger partial charge in [0.2, 0.25) is 0 Å². The molecule has 82 valence electrons. The molecule has 1 fully saturated rings. The van der Waals surface area contributed by atoms with E-state index in [4.69, 9.17) is 0 Å². The van der Waals surface area contributed by atoms with Gasteiger partial charge in [-0.15, -0.1) is 0 Å². The topological polar surface area (TPSA) is 15.3 Å². The highest BCUT2D eigenvalue weighted by molar-refractivity contribution is 4.99. The van der Waals surface area contributed by atoms with Gasteiger partial charge in [0.25, 0.3) is 0 Å². The van der Waals surface area contributed by atoms with Crippen molar-refractivity contribution in [2.45, 2.75) is 26.2 Å². The average Bonchev–Trinajstić information content (AvgIpc) is 2.08. The molecule has 0 atom stereocenters. The van der Waals surface area contributed by atoms with Crippen LogP contribution in [0.2, 0.25) is 0 Å². The van der Waals surface area contributed by atoms with E-state index in [9.17, 15) is 0 Å². The van der Waals surface area contributed by atoms with Gasteiger partial charge in [0.05, 0.1) is 0 Å². The Hall–Kier alpha value is -0.340. The standard InChI is InChI=1S/C12H24N2/c1-4-13-8-11(2)9-14(3)10-12-6-5-7-12/h12-13H,2,4-10H2,1,3H3. The summed E-state index contributed by atoms with van der Waals surface area (Å²) in [5.41, 5.74) is 1.30. The van der Waals surface area contributed by atoms with Crippen molar-refractivity contribution in [3.63, 3.8) is 0 Å². The number of nitrogens with zero attached hydrogens (tertiary/aromatic N) is 1. The fraction of sp³-hybridized carbons (Fsp3) is 0.833. The third kappa shape index (κ3) is 4.25. The predicted molar refractivity (Wildman–Crippen MR) is 62.5 cm³/mol. The molecule has 2 nitrogen and oxygen atoms in total. The van der Waals surface area contributed by atoms with Gasteiger partial charge < -0.3 is 10.2 Å². The molecule has 1 N–H and O–H groups in total. The lowest BCUT2D eigenvalue weighted by Crippen LogP contribution is -2.32. The Labute approximate surface area is 88.4 Å². The molecule has 1 aliphatic carbocycles. The Morgan fingerprint density at radius 2 is 2.21 bits per heavy atom. The zero-order valence-electron chi connectivity index (χ0n) is 9.68. The summed E-state index contributed by atoms with van der Waals surface area (Å²) in [7, 11) is 2.20. The second kappa shape index (κ2) is 6.20. The van der Waals surface area contributed by atoms with Gasteiger partial charge in [-0.3, -0.25) is 0 Å². The maximum atomic E-state index is 4.08. The van der Waals surface area contributed by atoms with Gasteiger partial charge in [-0.05, 0) is 37.9 Å². The van der Waals surface area contributed by atoms with Gasteiger partial charge in [0.15, 0.2) is 0 Å². The summed E-state index contributed by atoms with van der Waals surface area (Å²) in [4.78, 5) is 2.41. The molecular weight excluding hydrogens is 172 g/mol. The summed E-state index contributed by atoms with van der Waals surface area (Å²) in [6.45, 7) is 10.5. The lowest BCUT2D eigenvalue weighted by Gasteiger charge is -2.30. The van der Waals surface area contributed by atoms with Crippen molar-refractivity contribution in [2.75, 3.05) is 33.2 Å². The molecule has 0 saturated heterocycles. The fourth-order valence-corrected chi connectivity index (χ4v) is 1.92. The Morgan fingerprint density at radius 1 is 1.50 bits per heavy atom. The zero-order valence-corrected chi connectivity index (χ0v) is 9.68. The molecule has 0 aliphatic heterocycles. The predicted octanol–water partition coefficient (Wildman–Crippen LogP) is 1.88. The quantitative estimate of drug-likeness (QED) is 0.626. The van der Waals surface area contributed by atoms with E-state index >= 15 is 0 Å². The lowest BCUT2D eigenvalue weighted by molar-refractivity contribution is 0.214. The maximum Gasteiger partial charge on any atom is 0.0199 e. The minimum Gasteiger partial charge on any atom is -0.313 e. The summed E-state index contributed by atoms with van der Waals surface area (Å²) in [6, 6.07) is 0. The third-order valence-electron chi connectivity index (χ3n) is 2.91. The van der Waals surface area contributed by atoms with Crippen molar-refractivity contribution in [2.24, 2.45) is 5.92 Å². The van der Waals surface area contributed by atoms with Gasteiger partial charge in [-0.2, -0.15) is 0 Å². The fourth-order valence-electron chi connectivity index (χ4n) is 1.92. The van der Waals surface area contributed by atoms with Crippen LogP contribution < -0.4 is 5.32 Å². The van der Waals surface area contributed by atoms with Crippen LogP contribution in [-0.2, 0) is 0 Å². The normalized spacial score (nSPS) is 17.1. The highest BCUT2D eigenvalue weighted by Gasteiger charge is 2.18. The van der Waals surface area contributed by atoms with Crippen molar-refractivity contribution in [1.82, 2.24) is 10.2 Å². The molecule has 14 heavy (non-hydrogen) atoms. The SMILES string of the molecule is C=C(CNCC)CN(C)CC1CCC1. The molecule has 1 rings (SSSR count). The summed E-state index contributed by atoms with van der Waals surface area (Å²) < 4.78 is 0. The molecule has 0 amide bonds. The maximum absolute atomic E-state index is 4.08. The van der Waals surface area contributed by atoms with E-state index < -0.39 is 0 Å². The number of hydrogen-bond donors (Lipinski definition) is 1. The van der Waals surface area contributed by atoms with Crippen LogP contribution in [0.25, 0.3) is 0 Å². The van der Waals surface area contributed by atoms with E-state index in [1.54, 1.807) is 0 Å². The van der Waals surface area contributed by atoms with Crippen LogP contribution in [0, 0.1) is 5.92 Å². The number of nitrogens with one attached hydrogen (secondary N) is 1. The summed E-state index contributed by atoms with van der Waals surface area (Å²) in [5, 5.41) is 3.31. The van der Waals surface area contributed by atoms with E-state index in [1.165, 1.54) is 31.4 Å². The Kier molecular flexibility index (Phi) is 5.20. The third-order valence-corrected chi connectivity index (χ3v) is 2.91. The molecule has 0 bridgehead atoms. The first kappa shape index (κ1) is 11.7. The van der Waals surface area contributed by atoms with E-state index in [0.717, 1.165) is 25.6 Å². The van der Waals surface area contributed by atoms with Gasteiger partial charge >= 0.3 is 0 Å². The molecule has 0 heterocycles. The highest BCUT2D eigenvalue weighted by atomic mass is 15.1. The molecule has 1 saturated carbocycles. The second-order valence-electron chi connectivity index (χ2n) is 4.52. The monoisotopic (exact) mass is 196 g/mol. The molecule has 0 unspecified atom stereocenters. The van der Waals surface area contributed by atoms with Gasteiger partial charge in [-0.25, -0.2) is 0 Å². The summed E-state index contributed by atoms with van der Waals surface area (Å²) in [5.74, 6) is 0.965. The molecule has 0 aromatic rings. The van der Waals surface area contributed by atoms with Crippen LogP contribution in [-0.4, -0.2) is 38.1 Å². The van der Waals surface area contributed by atoms with Crippen LogP contribution in [0.4, 0.5) is 0 Å². The number of hydrogen-bond acceptors (Lipinski definition) is 2. The molecule has 0 radical (unpaired) electrons. The van der Waals surface area contributed by atoms with Crippen LogP contribution in [0.1, 0.15) is 26.2 Å². The average molecular weight is 196 g/mol. The van der Waals surface area contributed by atoms with Crippen LogP contribution >= 0.6 is 0 Å². The highest BCUT2D eigenvalue weighted by Crippen LogP contribution is 2.26. The first-order valence-electron chi connectivity index (χ1n) is 5.78. The molecule has 0 aromatic carbocycles. The number of likely N-dealkylation sites (N-methyl/N-ethyl adjacent to an activating group) is 2. The van der Waals surface area contributed by atoms with Crippen molar-refractivity contribution in [1.29, 1.82) is 0 Å². The second-order valence-corrected chi connectivity index (χ2v) is 4.52. The number of rotatable bonds is 7. The van der Waals surface area contributed by atoms with E-state index in [0.29, 0.717) is 0 Å². The largest absolute Gasteiger partial charge is 0.313 e. The minimum atomic E-state index is 0.964. The molecule has 0 aromatic heterocycles. The minimum absolute atomic E-state index is 0.964. The summed E-state index contributed by atoms with van der Waals surface area (Å²) >= 11 is 0. The molecule has 0 spiro atoms. The Morgan fingerprint density at radius 3 is 2.71 bits per heavy atom. The van der Waals surface area contributed by atoms with E-state index in [2.05, 4.69) is 30.8 Å². The van der Waals surface area contributed by atoms with Crippen molar-refractivity contribution < 1.29 is 0 Å². The smallest absolute Gasteiger partial charge is 0.0199 e. The van der Waals surface area contributed by atoms with Crippen LogP contribution in [0.3, 0.4) is 0 Å². The first-order valence-corrected chi connectivity index (χ1v) is 5.78.